The van der Waals surface area contributed by atoms with Crippen LogP contribution in [0.2, 0.25) is 0 Å². The van der Waals surface area contributed by atoms with Crippen LogP contribution in [0.5, 0.6) is 0 Å². The molecule has 7 nitrogen and oxygen atoms in total. The molecule has 0 aliphatic heterocycles. The minimum Gasteiger partial charge on any atom is -0.350 e. The number of nitrogens with zero attached hydrogens (tertiary/aromatic N) is 4. The first-order chi connectivity index (χ1) is 8.72. The molecule has 0 saturated carbocycles. The van der Waals surface area contributed by atoms with Crippen molar-refractivity contribution in [1.29, 1.82) is 0 Å². The first-order valence-electron chi connectivity index (χ1n) is 5.48. The Hall–Kier alpha value is -1.80. The van der Waals surface area contributed by atoms with E-state index in [2.05, 4.69) is 26.2 Å². The number of carbonyl (C=O) groups is 1. The predicted octanol–water partition coefficient (Wildman–Crippen LogP) is 0.0615. The molecule has 96 valence electrons. The zero-order valence-electron chi connectivity index (χ0n) is 10.1. The van der Waals surface area contributed by atoms with Gasteiger partial charge in [0.2, 0.25) is 0 Å². The monoisotopic (exact) mass is 266 g/mol. The first-order valence-corrected chi connectivity index (χ1v) is 6.36. The molecule has 1 unspecified atom stereocenters. The van der Waals surface area contributed by atoms with Gasteiger partial charge in [-0.2, -0.15) is 4.68 Å². The molecule has 2 rings (SSSR count). The van der Waals surface area contributed by atoms with Crippen molar-refractivity contribution in [2.75, 3.05) is 13.6 Å². The van der Waals surface area contributed by atoms with Crippen LogP contribution in [0.1, 0.15) is 16.6 Å². The SMILES string of the molecule is CNC(C)CNC(=O)c1sccc1-n1cnnn1. The Morgan fingerprint density at radius 3 is 3.11 bits per heavy atom. The van der Waals surface area contributed by atoms with Gasteiger partial charge in [-0.05, 0) is 35.8 Å². The van der Waals surface area contributed by atoms with Crippen LogP contribution in [0.15, 0.2) is 17.8 Å². The number of likely N-dealkylation sites (N-methyl/N-ethyl adjacent to an activating group) is 1. The van der Waals surface area contributed by atoms with E-state index in [0.717, 1.165) is 0 Å². The van der Waals surface area contributed by atoms with Gasteiger partial charge in [0.25, 0.3) is 5.91 Å². The van der Waals surface area contributed by atoms with Gasteiger partial charge in [0.15, 0.2) is 0 Å². The van der Waals surface area contributed by atoms with Crippen molar-refractivity contribution in [3.8, 4) is 5.69 Å². The van der Waals surface area contributed by atoms with E-state index in [4.69, 9.17) is 0 Å². The second kappa shape index (κ2) is 5.69. The lowest BCUT2D eigenvalue weighted by Crippen LogP contribution is -2.37. The number of nitrogens with one attached hydrogen (secondary N) is 2. The third kappa shape index (κ3) is 2.71. The summed E-state index contributed by atoms with van der Waals surface area (Å²) in [5.41, 5.74) is 0.694. The van der Waals surface area contributed by atoms with Crippen LogP contribution in [0.25, 0.3) is 5.69 Å². The summed E-state index contributed by atoms with van der Waals surface area (Å²) in [5, 5.41) is 18.7. The van der Waals surface area contributed by atoms with Crippen molar-refractivity contribution in [2.24, 2.45) is 0 Å². The van der Waals surface area contributed by atoms with Gasteiger partial charge in [-0.15, -0.1) is 16.4 Å². The highest BCUT2D eigenvalue weighted by atomic mass is 32.1. The van der Waals surface area contributed by atoms with E-state index in [1.54, 1.807) is 0 Å². The quantitative estimate of drug-likeness (QED) is 0.799. The van der Waals surface area contributed by atoms with Gasteiger partial charge >= 0.3 is 0 Å². The van der Waals surface area contributed by atoms with Gasteiger partial charge in [-0.1, -0.05) is 0 Å². The van der Waals surface area contributed by atoms with E-state index in [1.165, 1.54) is 22.3 Å². The van der Waals surface area contributed by atoms with Crippen molar-refractivity contribution < 1.29 is 4.79 Å². The molecule has 0 fully saturated rings. The number of thiophene rings is 1. The van der Waals surface area contributed by atoms with E-state index < -0.39 is 0 Å². The molecule has 2 heterocycles. The molecular weight excluding hydrogens is 252 g/mol. The van der Waals surface area contributed by atoms with E-state index >= 15 is 0 Å². The average Bonchev–Trinajstić information content (AvgIpc) is 3.04. The Kier molecular flexibility index (Phi) is 4.00. The maximum Gasteiger partial charge on any atom is 0.263 e. The zero-order valence-corrected chi connectivity index (χ0v) is 10.9. The molecule has 0 radical (unpaired) electrons. The molecule has 2 aromatic heterocycles. The molecule has 18 heavy (non-hydrogen) atoms. The Morgan fingerprint density at radius 1 is 1.61 bits per heavy atom. The normalized spacial score (nSPS) is 12.3. The molecule has 8 heteroatoms. The van der Waals surface area contributed by atoms with Gasteiger partial charge in [0.05, 0.1) is 5.69 Å². The number of hydrogen-bond donors (Lipinski definition) is 2. The fraction of sp³-hybridized carbons (Fsp3) is 0.400. The second-order valence-corrected chi connectivity index (χ2v) is 4.71. The number of rotatable bonds is 5. The molecule has 0 aromatic carbocycles. The maximum atomic E-state index is 12.0. The lowest BCUT2D eigenvalue weighted by Gasteiger charge is -2.11. The van der Waals surface area contributed by atoms with Crippen molar-refractivity contribution in [2.45, 2.75) is 13.0 Å². The van der Waals surface area contributed by atoms with E-state index in [1.807, 2.05) is 25.4 Å². The van der Waals surface area contributed by atoms with Crippen LogP contribution < -0.4 is 10.6 Å². The Morgan fingerprint density at radius 2 is 2.44 bits per heavy atom. The summed E-state index contributed by atoms with van der Waals surface area (Å²) in [7, 11) is 1.86. The summed E-state index contributed by atoms with van der Waals surface area (Å²) in [6.45, 7) is 2.57. The van der Waals surface area contributed by atoms with Crippen LogP contribution in [-0.2, 0) is 0 Å². The highest BCUT2D eigenvalue weighted by Crippen LogP contribution is 2.19. The Labute approximate surface area is 108 Å². The minimum absolute atomic E-state index is 0.113. The standard InChI is InChI=1S/C10H14N6OS/c1-7(11-2)5-12-10(17)9-8(3-4-18-9)16-6-13-14-15-16/h3-4,6-7,11H,5H2,1-2H3,(H,12,17). The molecule has 1 atom stereocenters. The number of tetrazole rings is 1. The second-order valence-electron chi connectivity index (χ2n) is 3.79. The molecule has 0 bridgehead atoms. The number of amides is 1. The molecule has 2 aromatic rings. The third-order valence-corrected chi connectivity index (χ3v) is 3.41. The van der Waals surface area contributed by atoms with Gasteiger partial charge in [0, 0.05) is 12.6 Å². The summed E-state index contributed by atoms with van der Waals surface area (Å²) in [5.74, 6) is -0.113. The lowest BCUT2D eigenvalue weighted by molar-refractivity contribution is 0.0954. The summed E-state index contributed by atoms with van der Waals surface area (Å²) < 4.78 is 1.48. The first kappa shape index (κ1) is 12.7. The topological polar surface area (TPSA) is 84.7 Å². The van der Waals surface area contributed by atoms with Crippen LogP contribution in [0.4, 0.5) is 0 Å². The largest absolute Gasteiger partial charge is 0.350 e. The van der Waals surface area contributed by atoms with Gasteiger partial charge in [-0.3, -0.25) is 4.79 Å². The summed E-state index contributed by atoms with van der Waals surface area (Å²) in [6, 6.07) is 2.04. The molecule has 0 aliphatic carbocycles. The summed E-state index contributed by atoms with van der Waals surface area (Å²) >= 11 is 1.37. The van der Waals surface area contributed by atoms with E-state index in [-0.39, 0.29) is 11.9 Å². The maximum absolute atomic E-state index is 12.0. The van der Waals surface area contributed by atoms with E-state index in [9.17, 15) is 4.79 Å². The highest BCUT2D eigenvalue weighted by molar-refractivity contribution is 7.12. The van der Waals surface area contributed by atoms with E-state index in [0.29, 0.717) is 17.1 Å². The minimum atomic E-state index is -0.113. The Bertz CT molecular complexity index is 508. The highest BCUT2D eigenvalue weighted by Gasteiger charge is 2.15. The van der Waals surface area contributed by atoms with Crippen molar-refractivity contribution in [1.82, 2.24) is 30.8 Å². The summed E-state index contributed by atoms with van der Waals surface area (Å²) in [6.07, 6.45) is 1.47. The van der Waals surface area contributed by atoms with Crippen molar-refractivity contribution >= 4 is 17.2 Å². The molecule has 0 saturated heterocycles. The number of carbonyl (C=O) groups excluding carboxylic acids is 1. The third-order valence-electron chi connectivity index (χ3n) is 2.51. The molecular formula is C10H14N6OS. The fourth-order valence-corrected chi connectivity index (χ4v) is 2.15. The zero-order chi connectivity index (χ0) is 13.0. The molecule has 1 amide bonds. The van der Waals surface area contributed by atoms with Gasteiger partial charge < -0.3 is 10.6 Å². The lowest BCUT2D eigenvalue weighted by atomic mass is 10.3. The number of hydrogen-bond acceptors (Lipinski definition) is 6. The van der Waals surface area contributed by atoms with Crippen LogP contribution in [-0.4, -0.2) is 45.7 Å². The van der Waals surface area contributed by atoms with Gasteiger partial charge in [0.1, 0.15) is 11.2 Å². The smallest absolute Gasteiger partial charge is 0.263 e. The Balaban J connectivity index is 2.10. The average molecular weight is 266 g/mol. The fourth-order valence-electron chi connectivity index (χ4n) is 1.35. The van der Waals surface area contributed by atoms with Crippen molar-refractivity contribution in [3.63, 3.8) is 0 Å². The summed E-state index contributed by atoms with van der Waals surface area (Å²) in [4.78, 5) is 12.6. The van der Waals surface area contributed by atoms with Crippen LogP contribution >= 0.6 is 11.3 Å². The molecule has 2 N–H and O–H groups in total. The van der Waals surface area contributed by atoms with Crippen LogP contribution in [0.3, 0.4) is 0 Å². The molecule has 0 spiro atoms. The molecule has 0 aliphatic rings. The predicted molar refractivity (Wildman–Crippen MR) is 67.9 cm³/mol. The van der Waals surface area contributed by atoms with Gasteiger partial charge in [-0.25, -0.2) is 0 Å². The van der Waals surface area contributed by atoms with Crippen LogP contribution in [0, 0.1) is 0 Å². The number of aromatic nitrogens is 4. The van der Waals surface area contributed by atoms with Crippen molar-refractivity contribution in [3.05, 3.63) is 22.7 Å².